The molecule has 1 aliphatic rings. The van der Waals surface area contributed by atoms with Gasteiger partial charge in [0.2, 0.25) is 0 Å². The zero-order valence-corrected chi connectivity index (χ0v) is 8.98. The molecule has 1 aliphatic heterocycles. The number of hydrogen-bond acceptors (Lipinski definition) is 3. The quantitative estimate of drug-likeness (QED) is 0.675. The Morgan fingerprint density at radius 3 is 2.56 bits per heavy atom. The molecule has 2 aromatic carbocycles. The van der Waals surface area contributed by atoms with Crippen LogP contribution in [-0.4, -0.2) is 6.17 Å². The van der Waals surface area contributed by atoms with Crippen molar-refractivity contribution in [3.05, 3.63) is 48.0 Å². The Bertz CT molecular complexity index is 509. The number of benzene rings is 2. The van der Waals surface area contributed by atoms with Crippen LogP contribution >= 0.6 is 0 Å². The van der Waals surface area contributed by atoms with Crippen molar-refractivity contribution in [1.29, 1.82) is 0 Å². The van der Waals surface area contributed by atoms with Gasteiger partial charge >= 0.3 is 0 Å². The Morgan fingerprint density at radius 2 is 1.81 bits per heavy atom. The molecule has 16 heavy (non-hydrogen) atoms. The fraction of sp³-hybridized carbons (Fsp3) is 0.231. The first-order chi connectivity index (χ1) is 7.83. The van der Waals surface area contributed by atoms with Gasteiger partial charge in [-0.3, -0.25) is 0 Å². The smallest absolute Gasteiger partial charge is 0.0698 e. The molecule has 0 saturated carbocycles. The molecule has 0 radical (unpaired) electrons. The minimum Gasteiger partial charge on any atom is -0.315 e. The minimum atomic E-state index is 0.0523. The highest BCUT2D eigenvalue weighted by Crippen LogP contribution is 2.24. The van der Waals surface area contributed by atoms with E-state index in [4.69, 9.17) is 5.73 Å². The molecule has 0 amide bonds. The van der Waals surface area contributed by atoms with E-state index in [2.05, 4.69) is 53.3 Å². The molecule has 0 bridgehead atoms. The van der Waals surface area contributed by atoms with Gasteiger partial charge in [0.05, 0.1) is 6.17 Å². The van der Waals surface area contributed by atoms with E-state index >= 15 is 0 Å². The second kappa shape index (κ2) is 3.87. The van der Waals surface area contributed by atoms with Crippen molar-refractivity contribution in [3.63, 3.8) is 0 Å². The molecule has 3 nitrogen and oxygen atoms in total. The zero-order chi connectivity index (χ0) is 11.0. The summed E-state index contributed by atoms with van der Waals surface area (Å²) < 4.78 is 0. The molecular weight excluding hydrogens is 198 g/mol. The minimum absolute atomic E-state index is 0.0523. The van der Waals surface area contributed by atoms with E-state index < -0.39 is 0 Å². The molecule has 0 aromatic heterocycles. The van der Waals surface area contributed by atoms with Crippen molar-refractivity contribution in [2.45, 2.75) is 18.6 Å². The van der Waals surface area contributed by atoms with E-state index in [1.165, 1.54) is 16.3 Å². The summed E-state index contributed by atoms with van der Waals surface area (Å²) >= 11 is 0. The number of hydrazine groups is 1. The molecule has 1 saturated heterocycles. The molecular formula is C13H15N3. The van der Waals surface area contributed by atoms with Crippen molar-refractivity contribution in [2.75, 3.05) is 0 Å². The summed E-state index contributed by atoms with van der Waals surface area (Å²) in [5.41, 5.74) is 13.3. The lowest BCUT2D eigenvalue weighted by Gasteiger charge is -2.10. The first-order valence-corrected chi connectivity index (χ1v) is 5.58. The summed E-state index contributed by atoms with van der Waals surface area (Å²) in [5.74, 6) is 0. The van der Waals surface area contributed by atoms with Crippen LogP contribution in [0.1, 0.15) is 18.0 Å². The van der Waals surface area contributed by atoms with Gasteiger partial charge in [0.1, 0.15) is 0 Å². The van der Waals surface area contributed by atoms with Gasteiger partial charge < -0.3 is 5.73 Å². The van der Waals surface area contributed by atoms with Gasteiger partial charge in [0.15, 0.2) is 0 Å². The van der Waals surface area contributed by atoms with Gasteiger partial charge in [-0.15, -0.1) is 0 Å². The van der Waals surface area contributed by atoms with E-state index in [1.807, 2.05) is 0 Å². The molecule has 1 fully saturated rings. The molecule has 82 valence electrons. The summed E-state index contributed by atoms with van der Waals surface area (Å²) in [7, 11) is 0. The Balaban J connectivity index is 1.99. The van der Waals surface area contributed by atoms with Crippen molar-refractivity contribution < 1.29 is 0 Å². The van der Waals surface area contributed by atoms with Crippen molar-refractivity contribution in [2.24, 2.45) is 5.73 Å². The van der Waals surface area contributed by atoms with Crippen LogP contribution in [0.3, 0.4) is 0 Å². The number of fused-ring (bicyclic) bond motifs is 1. The Morgan fingerprint density at radius 1 is 1.00 bits per heavy atom. The Labute approximate surface area is 94.6 Å². The maximum Gasteiger partial charge on any atom is 0.0698 e. The molecule has 2 aromatic rings. The molecule has 0 spiro atoms. The lowest BCUT2D eigenvalue weighted by molar-refractivity contribution is 0.552. The van der Waals surface area contributed by atoms with Gasteiger partial charge in [-0.1, -0.05) is 36.4 Å². The number of nitrogens with two attached hydrogens (primary N) is 1. The molecule has 0 aliphatic carbocycles. The molecule has 3 rings (SSSR count). The first-order valence-electron chi connectivity index (χ1n) is 5.58. The summed E-state index contributed by atoms with van der Waals surface area (Å²) in [6.45, 7) is 0. The zero-order valence-electron chi connectivity index (χ0n) is 8.98. The summed E-state index contributed by atoms with van der Waals surface area (Å²) in [6.07, 6.45) is 0.981. The molecule has 2 unspecified atom stereocenters. The first kappa shape index (κ1) is 9.78. The lowest BCUT2D eigenvalue weighted by Crippen LogP contribution is -2.36. The van der Waals surface area contributed by atoms with E-state index in [9.17, 15) is 0 Å². The van der Waals surface area contributed by atoms with Gasteiger partial charge in [0.25, 0.3) is 0 Å². The van der Waals surface area contributed by atoms with Crippen molar-refractivity contribution >= 4 is 10.8 Å². The SMILES string of the molecule is NC1CC(c2ccc3ccccc3c2)NN1. The Kier molecular flexibility index (Phi) is 2.36. The van der Waals surface area contributed by atoms with Gasteiger partial charge in [-0.05, 0) is 28.8 Å². The largest absolute Gasteiger partial charge is 0.315 e. The molecule has 3 heteroatoms. The predicted molar refractivity (Wildman–Crippen MR) is 65.6 cm³/mol. The van der Waals surface area contributed by atoms with E-state index in [1.54, 1.807) is 0 Å². The van der Waals surface area contributed by atoms with Crippen molar-refractivity contribution in [3.8, 4) is 0 Å². The average molecular weight is 213 g/mol. The van der Waals surface area contributed by atoms with Crippen LogP contribution in [0.5, 0.6) is 0 Å². The second-order valence-corrected chi connectivity index (χ2v) is 4.29. The average Bonchev–Trinajstić information content (AvgIpc) is 2.75. The van der Waals surface area contributed by atoms with Crippen LogP contribution in [0, 0.1) is 0 Å². The number of hydrogen-bond donors (Lipinski definition) is 3. The third-order valence-electron chi connectivity index (χ3n) is 3.11. The maximum atomic E-state index is 5.80. The van der Waals surface area contributed by atoms with Crippen LogP contribution in [0.4, 0.5) is 0 Å². The fourth-order valence-electron chi connectivity index (χ4n) is 2.22. The summed E-state index contributed by atoms with van der Waals surface area (Å²) in [5, 5.41) is 2.56. The van der Waals surface area contributed by atoms with Gasteiger partial charge in [-0.25, -0.2) is 10.9 Å². The molecule has 4 N–H and O–H groups in total. The fourth-order valence-corrected chi connectivity index (χ4v) is 2.22. The normalized spacial score (nSPS) is 25.1. The van der Waals surface area contributed by atoms with Crippen LogP contribution in [0.15, 0.2) is 42.5 Å². The maximum absolute atomic E-state index is 5.80. The summed E-state index contributed by atoms with van der Waals surface area (Å²) in [4.78, 5) is 0. The Hall–Kier alpha value is -1.42. The van der Waals surface area contributed by atoms with E-state index in [0.29, 0.717) is 6.04 Å². The standard InChI is InChI=1S/C13H15N3/c14-13-8-12(15-16-13)11-6-5-9-3-1-2-4-10(9)7-11/h1-7,12-13,15-16H,8,14H2. The monoisotopic (exact) mass is 213 g/mol. The van der Waals surface area contributed by atoms with E-state index in [-0.39, 0.29) is 6.17 Å². The second-order valence-electron chi connectivity index (χ2n) is 4.29. The summed E-state index contributed by atoms with van der Waals surface area (Å²) in [6, 6.07) is 15.3. The van der Waals surface area contributed by atoms with Crippen molar-refractivity contribution in [1.82, 2.24) is 10.9 Å². The molecule has 2 atom stereocenters. The topological polar surface area (TPSA) is 50.1 Å². The van der Waals surface area contributed by atoms with E-state index in [0.717, 1.165) is 6.42 Å². The highest BCUT2D eigenvalue weighted by atomic mass is 15.4. The highest BCUT2D eigenvalue weighted by Gasteiger charge is 2.21. The van der Waals surface area contributed by atoms with Crippen LogP contribution in [-0.2, 0) is 0 Å². The lowest BCUT2D eigenvalue weighted by atomic mass is 10.0. The molecule has 1 heterocycles. The van der Waals surface area contributed by atoms with Crippen LogP contribution in [0.25, 0.3) is 10.8 Å². The number of rotatable bonds is 1. The van der Waals surface area contributed by atoms with Crippen LogP contribution in [0.2, 0.25) is 0 Å². The van der Waals surface area contributed by atoms with Gasteiger partial charge in [0, 0.05) is 6.04 Å². The third kappa shape index (κ3) is 1.69. The van der Waals surface area contributed by atoms with Crippen LogP contribution < -0.4 is 16.6 Å². The highest BCUT2D eigenvalue weighted by molar-refractivity contribution is 5.83. The predicted octanol–water partition coefficient (Wildman–Crippen LogP) is 1.66. The van der Waals surface area contributed by atoms with Gasteiger partial charge in [-0.2, -0.15) is 0 Å². The third-order valence-corrected chi connectivity index (χ3v) is 3.11. The number of nitrogens with one attached hydrogen (secondary N) is 2.